The lowest BCUT2D eigenvalue weighted by Gasteiger charge is -2.32. The lowest BCUT2D eigenvalue weighted by Crippen LogP contribution is -2.49. The number of furan rings is 1. The van der Waals surface area contributed by atoms with Gasteiger partial charge in [0.05, 0.1) is 6.54 Å². The number of nitrogens with one attached hydrogen (secondary N) is 2. The van der Waals surface area contributed by atoms with Crippen molar-refractivity contribution >= 4 is 17.7 Å². The molecule has 1 aliphatic rings. The molecule has 154 valence electrons. The number of benzene rings is 1. The molecule has 1 fully saturated rings. The summed E-state index contributed by atoms with van der Waals surface area (Å²) in [5.41, 5.74) is 2.58. The maximum Gasteiger partial charge on any atom is 0.287 e. The van der Waals surface area contributed by atoms with Gasteiger partial charge in [0.25, 0.3) is 11.8 Å². The third-order valence-electron chi connectivity index (χ3n) is 5.03. The number of amides is 3. The predicted octanol–water partition coefficient (Wildman–Crippen LogP) is 2.36. The predicted molar refractivity (Wildman–Crippen MR) is 109 cm³/mol. The van der Waals surface area contributed by atoms with Crippen LogP contribution in [0.2, 0.25) is 0 Å². The Labute approximate surface area is 170 Å². The van der Waals surface area contributed by atoms with Gasteiger partial charge in [0.1, 0.15) is 5.76 Å². The van der Waals surface area contributed by atoms with Crippen molar-refractivity contribution in [3.63, 3.8) is 0 Å². The van der Waals surface area contributed by atoms with E-state index in [4.69, 9.17) is 4.42 Å². The van der Waals surface area contributed by atoms with Crippen LogP contribution in [0, 0.1) is 20.8 Å². The third kappa shape index (κ3) is 5.47. The summed E-state index contributed by atoms with van der Waals surface area (Å²) in [5.74, 6) is 0.396. The van der Waals surface area contributed by atoms with Crippen LogP contribution < -0.4 is 10.6 Å². The topological polar surface area (TPSA) is 91.7 Å². The minimum Gasteiger partial charge on any atom is -0.456 e. The fourth-order valence-corrected chi connectivity index (χ4v) is 3.56. The highest BCUT2D eigenvalue weighted by molar-refractivity contribution is 5.96. The fourth-order valence-electron chi connectivity index (χ4n) is 3.56. The molecule has 29 heavy (non-hydrogen) atoms. The summed E-state index contributed by atoms with van der Waals surface area (Å²) in [7, 11) is 0. The Bertz CT molecular complexity index is 890. The number of carbonyl (C=O) groups excluding carboxylic acids is 3. The van der Waals surface area contributed by atoms with Crippen LogP contribution >= 0.6 is 0 Å². The molecule has 0 bridgehead atoms. The van der Waals surface area contributed by atoms with Gasteiger partial charge in [-0.25, -0.2) is 0 Å². The second-order valence-electron chi connectivity index (χ2n) is 7.60. The number of likely N-dealkylation sites (tertiary alicyclic amines) is 1. The molecule has 0 aliphatic carbocycles. The summed E-state index contributed by atoms with van der Waals surface area (Å²) in [6.07, 6.45) is 1.34. The number of hydrogen-bond donors (Lipinski definition) is 2. The molecular weight excluding hydrogens is 370 g/mol. The standard InChI is InChI=1S/C22H27N3O4/c1-14-10-15(2)12-17(11-14)21(27)23-13-20(26)25-8-6-18(7-9-25)24-22(28)19-5-4-16(3)29-19/h4-5,10-12,18H,6-9,13H2,1-3H3,(H,23,27)(H,24,28). The molecule has 1 aromatic carbocycles. The van der Waals surface area contributed by atoms with E-state index in [2.05, 4.69) is 10.6 Å². The number of nitrogens with zero attached hydrogens (tertiary/aromatic N) is 1. The molecular formula is C22H27N3O4. The minimum absolute atomic E-state index is 0.00168. The molecule has 7 heteroatoms. The average molecular weight is 397 g/mol. The van der Waals surface area contributed by atoms with Gasteiger partial charge >= 0.3 is 0 Å². The summed E-state index contributed by atoms with van der Waals surface area (Å²) in [6.45, 7) is 6.71. The molecule has 7 nitrogen and oxygen atoms in total. The van der Waals surface area contributed by atoms with E-state index in [0.29, 0.717) is 43.0 Å². The van der Waals surface area contributed by atoms with E-state index in [1.165, 1.54) is 0 Å². The monoisotopic (exact) mass is 397 g/mol. The molecule has 0 unspecified atom stereocenters. The van der Waals surface area contributed by atoms with E-state index in [-0.39, 0.29) is 30.3 Å². The summed E-state index contributed by atoms with van der Waals surface area (Å²) < 4.78 is 5.33. The van der Waals surface area contributed by atoms with Crippen molar-refractivity contribution in [3.8, 4) is 0 Å². The first-order chi connectivity index (χ1) is 13.8. The van der Waals surface area contributed by atoms with Crippen LogP contribution in [-0.2, 0) is 4.79 Å². The Morgan fingerprint density at radius 1 is 1.00 bits per heavy atom. The van der Waals surface area contributed by atoms with Crippen LogP contribution in [0.1, 0.15) is 50.6 Å². The van der Waals surface area contributed by atoms with Gasteiger partial charge in [-0.2, -0.15) is 0 Å². The number of aryl methyl sites for hydroxylation is 3. The summed E-state index contributed by atoms with van der Waals surface area (Å²) in [6, 6.07) is 9.02. The van der Waals surface area contributed by atoms with Crippen LogP contribution in [0.15, 0.2) is 34.7 Å². The molecule has 0 atom stereocenters. The Balaban J connectivity index is 1.44. The van der Waals surface area contributed by atoms with Crippen LogP contribution in [0.5, 0.6) is 0 Å². The molecule has 1 aromatic heterocycles. The number of hydrogen-bond acceptors (Lipinski definition) is 4. The molecule has 0 radical (unpaired) electrons. The van der Waals surface area contributed by atoms with E-state index >= 15 is 0 Å². The molecule has 0 spiro atoms. The molecule has 2 N–H and O–H groups in total. The van der Waals surface area contributed by atoms with E-state index in [0.717, 1.165) is 11.1 Å². The van der Waals surface area contributed by atoms with Gasteiger partial charge in [0.2, 0.25) is 5.91 Å². The lowest BCUT2D eigenvalue weighted by molar-refractivity contribution is -0.131. The van der Waals surface area contributed by atoms with E-state index in [1.807, 2.05) is 32.0 Å². The largest absolute Gasteiger partial charge is 0.456 e. The fraction of sp³-hybridized carbons (Fsp3) is 0.409. The first-order valence-electron chi connectivity index (χ1n) is 9.83. The molecule has 2 heterocycles. The zero-order valence-corrected chi connectivity index (χ0v) is 17.1. The SMILES string of the molecule is Cc1cc(C)cc(C(=O)NCC(=O)N2CCC(NC(=O)c3ccc(C)o3)CC2)c1. The van der Waals surface area contributed by atoms with Gasteiger partial charge in [0, 0.05) is 24.7 Å². The van der Waals surface area contributed by atoms with Gasteiger partial charge in [-0.05, 0) is 57.9 Å². The van der Waals surface area contributed by atoms with Crippen molar-refractivity contribution in [3.05, 3.63) is 58.5 Å². The first kappa shape index (κ1) is 20.6. The molecule has 2 aromatic rings. The molecule has 1 saturated heterocycles. The van der Waals surface area contributed by atoms with Crippen LogP contribution in [-0.4, -0.2) is 48.3 Å². The summed E-state index contributed by atoms with van der Waals surface area (Å²) >= 11 is 0. The maximum absolute atomic E-state index is 12.4. The van der Waals surface area contributed by atoms with Crippen LogP contribution in [0.25, 0.3) is 0 Å². The van der Waals surface area contributed by atoms with Crippen molar-refractivity contribution in [2.45, 2.75) is 39.7 Å². The zero-order valence-electron chi connectivity index (χ0n) is 17.1. The summed E-state index contributed by atoms with van der Waals surface area (Å²) in [5, 5.41) is 5.66. The number of carbonyl (C=O) groups is 3. The second-order valence-corrected chi connectivity index (χ2v) is 7.60. The Morgan fingerprint density at radius 3 is 2.24 bits per heavy atom. The van der Waals surface area contributed by atoms with Gasteiger partial charge < -0.3 is 20.0 Å². The van der Waals surface area contributed by atoms with Crippen molar-refractivity contribution in [2.75, 3.05) is 19.6 Å². The first-order valence-corrected chi connectivity index (χ1v) is 9.83. The number of piperidine rings is 1. The van der Waals surface area contributed by atoms with Gasteiger partial charge in [0.15, 0.2) is 5.76 Å². The highest BCUT2D eigenvalue weighted by atomic mass is 16.3. The van der Waals surface area contributed by atoms with E-state index < -0.39 is 0 Å². The van der Waals surface area contributed by atoms with Crippen molar-refractivity contribution in [1.29, 1.82) is 0 Å². The van der Waals surface area contributed by atoms with E-state index in [9.17, 15) is 14.4 Å². The normalized spacial score (nSPS) is 14.5. The average Bonchev–Trinajstić information content (AvgIpc) is 3.12. The second kappa shape index (κ2) is 8.94. The Kier molecular flexibility index (Phi) is 6.36. The molecule has 0 saturated carbocycles. The third-order valence-corrected chi connectivity index (χ3v) is 5.03. The summed E-state index contributed by atoms with van der Waals surface area (Å²) in [4.78, 5) is 38.6. The quantitative estimate of drug-likeness (QED) is 0.810. The van der Waals surface area contributed by atoms with Crippen LogP contribution in [0.3, 0.4) is 0 Å². The van der Waals surface area contributed by atoms with Crippen molar-refractivity contribution < 1.29 is 18.8 Å². The highest BCUT2D eigenvalue weighted by Gasteiger charge is 2.25. The number of rotatable bonds is 5. The van der Waals surface area contributed by atoms with Crippen LogP contribution in [0.4, 0.5) is 0 Å². The smallest absolute Gasteiger partial charge is 0.287 e. The molecule has 1 aliphatic heterocycles. The van der Waals surface area contributed by atoms with Gasteiger partial charge in [-0.15, -0.1) is 0 Å². The Morgan fingerprint density at radius 2 is 1.66 bits per heavy atom. The lowest BCUT2D eigenvalue weighted by atomic mass is 10.0. The maximum atomic E-state index is 12.4. The minimum atomic E-state index is -0.249. The van der Waals surface area contributed by atoms with E-state index in [1.54, 1.807) is 24.0 Å². The highest BCUT2D eigenvalue weighted by Crippen LogP contribution is 2.13. The van der Waals surface area contributed by atoms with Gasteiger partial charge in [-0.3, -0.25) is 14.4 Å². The van der Waals surface area contributed by atoms with Gasteiger partial charge in [-0.1, -0.05) is 17.2 Å². The molecule has 3 amide bonds. The zero-order chi connectivity index (χ0) is 21.0. The van der Waals surface area contributed by atoms with Crippen molar-refractivity contribution in [1.82, 2.24) is 15.5 Å². The van der Waals surface area contributed by atoms with Crippen molar-refractivity contribution in [2.24, 2.45) is 0 Å². The Hall–Kier alpha value is -3.09. The molecule has 3 rings (SSSR count).